The molecule has 0 bridgehead atoms. The average molecular weight is 223 g/mol. The van der Waals surface area contributed by atoms with Crippen molar-refractivity contribution in [1.82, 2.24) is 5.32 Å². The highest BCUT2D eigenvalue weighted by Gasteiger charge is 2.23. The van der Waals surface area contributed by atoms with Crippen LogP contribution in [0.4, 0.5) is 0 Å². The summed E-state index contributed by atoms with van der Waals surface area (Å²) in [4.78, 5) is 0. The molecular formula is C15H29N. The van der Waals surface area contributed by atoms with Crippen LogP contribution in [0.5, 0.6) is 0 Å². The summed E-state index contributed by atoms with van der Waals surface area (Å²) in [5, 5.41) is 3.81. The fourth-order valence-corrected chi connectivity index (χ4v) is 3.51. The molecule has 0 aliphatic heterocycles. The highest BCUT2D eigenvalue weighted by Crippen LogP contribution is 2.30. The molecule has 2 saturated carbocycles. The molecule has 2 aliphatic carbocycles. The van der Waals surface area contributed by atoms with Gasteiger partial charge in [-0.05, 0) is 56.9 Å². The van der Waals surface area contributed by atoms with Gasteiger partial charge in [0.05, 0.1) is 0 Å². The Morgan fingerprint density at radius 1 is 1.00 bits per heavy atom. The number of hydrogen-bond acceptors (Lipinski definition) is 1. The summed E-state index contributed by atoms with van der Waals surface area (Å²) < 4.78 is 0. The van der Waals surface area contributed by atoms with E-state index in [4.69, 9.17) is 0 Å². The van der Waals surface area contributed by atoms with Gasteiger partial charge in [0, 0.05) is 6.04 Å². The first kappa shape index (κ1) is 12.4. The predicted octanol–water partition coefficient (Wildman–Crippen LogP) is 3.98. The third-order valence-corrected chi connectivity index (χ3v) is 4.97. The van der Waals surface area contributed by atoms with Crippen LogP contribution >= 0.6 is 0 Å². The SMILES string of the molecule is CC1CCC(CN[C@@H](C)C2CCCC2)CC1. The van der Waals surface area contributed by atoms with Gasteiger partial charge in [-0.25, -0.2) is 0 Å². The molecule has 1 heteroatoms. The molecule has 94 valence electrons. The molecule has 0 saturated heterocycles. The van der Waals surface area contributed by atoms with E-state index in [1.807, 2.05) is 0 Å². The van der Waals surface area contributed by atoms with Crippen molar-refractivity contribution in [3.8, 4) is 0 Å². The molecule has 2 aliphatic rings. The van der Waals surface area contributed by atoms with Crippen LogP contribution in [0.3, 0.4) is 0 Å². The summed E-state index contributed by atoms with van der Waals surface area (Å²) in [6.07, 6.45) is 11.7. The van der Waals surface area contributed by atoms with Gasteiger partial charge in [-0.3, -0.25) is 0 Å². The van der Waals surface area contributed by atoms with Crippen molar-refractivity contribution < 1.29 is 0 Å². The van der Waals surface area contributed by atoms with Crippen molar-refractivity contribution in [3.05, 3.63) is 0 Å². The van der Waals surface area contributed by atoms with Crippen molar-refractivity contribution in [3.63, 3.8) is 0 Å². The smallest absolute Gasteiger partial charge is 0.00671 e. The zero-order chi connectivity index (χ0) is 11.4. The van der Waals surface area contributed by atoms with Gasteiger partial charge in [0.1, 0.15) is 0 Å². The number of rotatable bonds is 4. The van der Waals surface area contributed by atoms with Crippen LogP contribution in [0.15, 0.2) is 0 Å². The van der Waals surface area contributed by atoms with Crippen LogP contribution in [-0.4, -0.2) is 12.6 Å². The maximum Gasteiger partial charge on any atom is 0.00671 e. The Morgan fingerprint density at radius 2 is 1.62 bits per heavy atom. The van der Waals surface area contributed by atoms with Crippen LogP contribution in [0.2, 0.25) is 0 Å². The Hall–Kier alpha value is -0.0400. The Kier molecular flexibility index (Phi) is 4.69. The first-order chi connectivity index (χ1) is 7.75. The Labute approximate surface area is 101 Å². The van der Waals surface area contributed by atoms with E-state index in [9.17, 15) is 0 Å². The van der Waals surface area contributed by atoms with Gasteiger partial charge in [-0.15, -0.1) is 0 Å². The summed E-state index contributed by atoms with van der Waals surface area (Å²) in [5.41, 5.74) is 0. The molecule has 1 nitrogen and oxygen atoms in total. The molecule has 16 heavy (non-hydrogen) atoms. The summed E-state index contributed by atoms with van der Waals surface area (Å²) >= 11 is 0. The van der Waals surface area contributed by atoms with Gasteiger partial charge in [0.2, 0.25) is 0 Å². The quantitative estimate of drug-likeness (QED) is 0.760. The van der Waals surface area contributed by atoms with Crippen molar-refractivity contribution >= 4 is 0 Å². The van der Waals surface area contributed by atoms with Crippen LogP contribution in [-0.2, 0) is 0 Å². The fraction of sp³-hybridized carbons (Fsp3) is 1.00. The van der Waals surface area contributed by atoms with E-state index in [1.54, 1.807) is 0 Å². The zero-order valence-electron chi connectivity index (χ0n) is 11.2. The minimum Gasteiger partial charge on any atom is -0.314 e. The van der Waals surface area contributed by atoms with E-state index in [0.29, 0.717) is 0 Å². The molecule has 0 aromatic heterocycles. The standard InChI is InChI=1S/C15H29N/c1-12-7-9-14(10-8-12)11-16-13(2)15-5-3-4-6-15/h12-16H,3-11H2,1-2H3/t12?,13-,14?/m0/s1. The van der Waals surface area contributed by atoms with Crippen LogP contribution in [0.1, 0.15) is 65.2 Å². The van der Waals surface area contributed by atoms with Gasteiger partial charge in [-0.1, -0.05) is 32.6 Å². The van der Waals surface area contributed by atoms with Crippen molar-refractivity contribution in [2.75, 3.05) is 6.54 Å². The number of nitrogens with one attached hydrogen (secondary N) is 1. The topological polar surface area (TPSA) is 12.0 Å². The molecule has 2 fully saturated rings. The Morgan fingerprint density at radius 3 is 2.25 bits per heavy atom. The second-order valence-corrected chi connectivity index (χ2v) is 6.37. The minimum atomic E-state index is 0.766. The van der Waals surface area contributed by atoms with Gasteiger partial charge >= 0.3 is 0 Å². The molecular weight excluding hydrogens is 194 g/mol. The van der Waals surface area contributed by atoms with Crippen LogP contribution in [0, 0.1) is 17.8 Å². The highest BCUT2D eigenvalue weighted by molar-refractivity contribution is 4.79. The van der Waals surface area contributed by atoms with E-state index >= 15 is 0 Å². The van der Waals surface area contributed by atoms with Gasteiger partial charge in [0.15, 0.2) is 0 Å². The molecule has 0 aromatic rings. The molecule has 2 rings (SSSR count). The van der Waals surface area contributed by atoms with Crippen molar-refractivity contribution in [2.24, 2.45) is 17.8 Å². The van der Waals surface area contributed by atoms with E-state index < -0.39 is 0 Å². The first-order valence-corrected chi connectivity index (χ1v) is 7.49. The minimum absolute atomic E-state index is 0.766. The van der Waals surface area contributed by atoms with Gasteiger partial charge in [0.25, 0.3) is 0 Å². The molecule has 0 spiro atoms. The third kappa shape index (κ3) is 3.48. The van der Waals surface area contributed by atoms with E-state index in [1.165, 1.54) is 57.9 Å². The monoisotopic (exact) mass is 223 g/mol. The first-order valence-electron chi connectivity index (χ1n) is 7.49. The summed E-state index contributed by atoms with van der Waals surface area (Å²) in [5.74, 6) is 2.94. The Balaban J connectivity index is 1.62. The third-order valence-electron chi connectivity index (χ3n) is 4.97. The molecule has 0 heterocycles. The maximum atomic E-state index is 3.81. The van der Waals surface area contributed by atoms with Crippen molar-refractivity contribution in [1.29, 1.82) is 0 Å². The lowest BCUT2D eigenvalue weighted by Crippen LogP contribution is -2.36. The molecule has 1 N–H and O–H groups in total. The second kappa shape index (κ2) is 6.05. The lowest BCUT2D eigenvalue weighted by Gasteiger charge is -2.29. The van der Waals surface area contributed by atoms with E-state index in [2.05, 4.69) is 19.2 Å². The largest absolute Gasteiger partial charge is 0.314 e. The molecule has 0 radical (unpaired) electrons. The lowest BCUT2D eigenvalue weighted by molar-refractivity contribution is 0.263. The number of hydrogen-bond donors (Lipinski definition) is 1. The highest BCUT2D eigenvalue weighted by atomic mass is 14.9. The van der Waals surface area contributed by atoms with Gasteiger partial charge in [-0.2, -0.15) is 0 Å². The average Bonchev–Trinajstić information content (AvgIpc) is 2.81. The molecule has 0 aromatic carbocycles. The summed E-state index contributed by atoms with van der Waals surface area (Å²) in [7, 11) is 0. The van der Waals surface area contributed by atoms with Crippen LogP contribution in [0.25, 0.3) is 0 Å². The summed E-state index contributed by atoms with van der Waals surface area (Å²) in [6.45, 7) is 6.09. The summed E-state index contributed by atoms with van der Waals surface area (Å²) in [6, 6.07) is 0.766. The fourth-order valence-electron chi connectivity index (χ4n) is 3.51. The second-order valence-electron chi connectivity index (χ2n) is 6.37. The Bertz CT molecular complexity index is 188. The molecule has 0 amide bonds. The molecule has 1 atom stereocenters. The van der Waals surface area contributed by atoms with E-state index in [0.717, 1.165) is 23.8 Å². The van der Waals surface area contributed by atoms with E-state index in [-0.39, 0.29) is 0 Å². The predicted molar refractivity (Wildman–Crippen MR) is 70.5 cm³/mol. The lowest BCUT2D eigenvalue weighted by atomic mass is 9.83. The van der Waals surface area contributed by atoms with Crippen molar-refractivity contribution in [2.45, 2.75) is 71.3 Å². The maximum absolute atomic E-state index is 3.81. The zero-order valence-corrected chi connectivity index (χ0v) is 11.2. The molecule has 0 unspecified atom stereocenters. The van der Waals surface area contributed by atoms with Crippen LogP contribution < -0.4 is 5.32 Å². The van der Waals surface area contributed by atoms with Gasteiger partial charge < -0.3 is 5.32 Å². The normalized spacial score (nSPS) is 34.1.